The van der Waals surface area contributed by atoms with Gasteiger partial charge in [0.25, 0.3) is 0 Å². The molecule has 7 heteroatoms. The van der Waals surface area contributed by atoms with Gasteiger partial charge >= 0.3 is 0 Å². The second-order valence-electron chi connectivity index (χ2n) is 4.29. The Morgan fingerprint density at radius 2 is 2.24 bits per heavy atom. The lowest BCUT2D eigenvalue weighted by Gasteiger charge is -2.25. The summed E-state index contributed by atoms with van der Waals surface area (Å²) >= 11 is 0. The van der Waals surface area contributed by atoms with Gasteiger partial charge in [-0.15, -0.1) is 0 Å². The number of hydrogen-bond donors (Lipinski definition) is 2. The predicted molar refractivity (Wildman–Crippen MR) is 65.5 cm³/mol. The molecule has 1 fully saturated rings. The maximum Gasteiger partial charge on any atom is 0.211 e. The number of ether oxygens (including phenoxy) is 2. The highest BCUT2D eigenvalue weighted by molar-refractivity contribution is 7.89. The molecule has 6 nitrogen and oxygen atoms in total. The molecule has 1 atom stereocenters. The van der Waals surface area contributed by atoms with Gasteiger partial charge in [0, 0.05) is 26.7 Å². The zero-order valence-corrected chi connectivity index (χ0v) is 11.3. The van der Waals surface area contributed by atoms with Gasteiger partial charge in [0.2, 0.25) is 10.0 Å². The maximum absolute atomic E-state index is 11.7. The van der Waals surface area contributed by atoms with E-state index in [1.165, 1.54) is 0 Å². The summed E-state index contributed by atoms with van der Waals surface area (Å²) in [6.07, 6.45) is 1.32. The van der Waals surface area contributed by atoms with Crippen LogP contribution in [0.2, 0.25) is 0 Å². The molecule has 1 heterocycles. The molecule has 0 saturated carbocycles. The average Bonchev–Trinajstić information content (AvgIpc) is 2.76. The molecule has 102 valence electrons. The van der Waals surface area contributed by atoms with E-state index in [4.69, 9.17) is 9.47 Å². The van der Waals surface area contributed by atoms with Gasteiger partial charge in [0.15, 0.2) is 0 Å². The van der Waals surface area contributed by atoms with Crippen LogP contribution in [0, 0.1) is 0 Å². The van der Waals surface area contributed by atoms with Crippen LogP contribution in [-0.2, 0) is 19.5 Å². The number of sulfonamides is 1. The molecule has 1 rings (SSSR count). The van der Waals surface area contributed by atoms with Crippen molar-refractivity contribution in [3.63, 3.8) is 0 Å². The highest BCUT2D eigenvalue weighted by Crippen LogP contribution is 2.21. The Balaban J connectivity index is 2.37. The molecule has 1 saturated heterocycles. The van der Waals surface area contributed by atoms with E-state index in [9.17, 15) is 8.42 Å². The van der Waals surface area contributed by atoms with Crippen molar-refractivity contribution in [2.45, 2.75) is 18.4 Å². The van der Waals surface area contributed by atoms with E-state index in [1.807, 2.05) is 0 Å². The molecule has 0 spiro atoms. The molecule has 0 bridgehead atoms. The summed E-state index contributed by atoms with van der Waals surface area (Å²) < 4.78 is 36.6. The van der Waals surface area contributed by atoms with Gasteiger partial charge < -0.3 is 14.8 Å². The first-order valence-corrected chi connectivity index (χ1v) is 7.44. The molecule has 0 radical (unpaired) electrons. The molecule has 0 aromatic carbocycles. The second kappa shape index (κ2) is 6.65. The lowest BCUT2D eigenvalue weighted by molar-refractivity contribution is -0.0120. The van der Waals surface area contributed by atoms with Crippen molar-refractivity contribution >= 4 is 10.0 Å². The van der Waals surface area contributed by atoms with Crippen LogP contribution in [0.1, 0.15) is 12.8 Å². The average molecular weight is 266 g/mol. The fourth-order valence-electron chi connectivity index (χ4n) is 1.71. The Bertz CT molecular complexity index is 312. The molecule has 0 aromatic rings. The van der Waals surface area contributed by atoms with Crippen molar-refractivity contribution in [3.05, 3.63) is 0 Å². The Morgan fingerprint density at radius 3 is 2.76 bits per heavy atom. The van der Waals surface area contributed by atoms with Crippen LogP contribution in [0.4, 0.5) is 0 Å². The molecular formula is C10H22N2O4S. The molecule has 2 N–H and O–H groups in total. The molecule has 1 aliphatic heterocycles. The van der Waals surface area contributed by atoms with E-state index in [2.05, 4.69) is 10.0 Å². The summed E-state index contributed by atoms with van der Waals surface area (Å²) in [6.45, 7) is 2.04. The fourth-order valence-corrected chi connectivity index (χ4v) is 2.87. The SMILES string of the molecule is CNCCCS(=O)(=O)NCC1(OC)CCOC1. The number of hydrogen-bond acceptors (Lipinski definition) is 5. The van der Waals surface area contributed by atoms with Gasteiger partial charge in [-0.05, 0) is 20.0 Å². The predicted octanol–water partition coefficient (Wildman–Crippen LogP) is -0.679. The molecule has 1 aliphatic rings. The number of methoxy groups -OCH3 is 1. The lowest BCUT2D eigenvalue weighted by atomic mass is 10.0. The minimum Gasteiger partial charge on any atom is -0.378 e. The minimum absolute atomic E-state index is 0.133. The van der Waals surface area contributed by atoms with E-state index < -0.39 is 15.6 Å². The van der Waals surface area contributed by atoms with Crippen LogP contribution >= 0.6 is 0 Å². The van der Waals surface area contributed by atoms with Gasteiger partial charge in [-0.3, -0.25) is 0 Å². The normalized spacial score (nSPS) is 25.3. The van der Waals surface area contributed by atoms with Gasteiger partial charge in [-0.1, -0.05) is 0 Å². The summed E-state index contributed by atoms with van der Waals surface area (Å²) in [6, 6.07) is 0. The third-order valence-electron chi connectivity index (χ3n) is 2.95. The summed E-state index contributed by atoms with van der Waals surface area (Å²) in [7, 11) is 0.174. The van der Waals surface area contributed by atoms with Crippen molar-refractivity contribution in [1.82, 2.24) is 10.0 Å². The smallest absolute Gasteiger partial charge is 0.211 e. The summed E-state index contributed by atoms with van der Waals surface area (Å²) in [4.78, 5) is 0. The van der Waals surface area contributed by atoms with Crippen molar-refractivity contribution in [3.8, 4) is 0 Å². The molecule has 17 heavy (non-hydrogen) atoms. The van der Waals surface area contributed by atoms with E-state index in [1.54, 1.807) is 14.2 Å². The quantitative estimate of drug-likeness (QED) is 0.569. The van der Waals surface area contributed by atoms with Crippen LogP contribution in [0.3, 0.4) is 0 Å². The van der Waals surface area contributed by atoms with Gasteiger partial charge in [0.1, 0.15) is 5.60 Å². The highest BCUT2D eigenvalue weighted by Gasteiger charge is 2.35. The maximum atomic E-state index is 11.7. The summed E-state index contributed by atoms with van der Waals surface area (Å²) in [5.41, 5.74) is -0.490. The number of rotatable bonds is 8. The summed E-state index contributed by atoms with van der Waals surface area (Å²) in [5, 5.41) is 2.92. The van der Waals surface area contributed by atoms with Crippen LogP contribution in [0.15, 0.2) is 0 Å². The van der Waals surface area contributed by atoms with E-state index >= 15 is 0 Å². The van der Waals surface area contributed by atoms with Crippen LogP contribution < -0.4 is 10.0 Å². The standard InChI is InChI=1S/C10H22N2O4S/c1-11-5-3-7-17(13,14)12-8-10(15-2)4-6-16-9-10/h11-12H,3-9H2,1-2H3. The molecular weight excluding hydrogens is 244 g/mol. The molecule has 0 amide bonds. The third-order valence-corrected chi connectivity index (χ3v) is 4.36. The summed E-state index contributed by atoms with van der Waals surface area (Å²) in [5.74, 6) is 0.133. The third kappa shape index (κ3) is 4.89. The molecule has 1 unspecified atom stereocenters. The Kier molecular flexibility index (Phi) is 5.81. The van der Waals surface area contributed by atoms with Gasteiger partial charge in [-0.25, -0.2) is 13.1 Å². The van der Waals surface area contributed by atoms with E-state index in [-0.39, 0.29) is 12.3 Å². The largest absolute Gasteiger partial charge is 0.378 e. The fraction of sp³-hybridized carbons (Fsp3) is 1.00. The van der Waals surface area contributed by atoms with Gasteiger partial charge in [0.05, 0.1) is 12.4 Å². The van der Waals surface area contributed by atoms with E-state index in [0.29, 0.717) is 26.2 Å². The Morgan fingerprint density at radius 1 is 1.47 bits per heavy atom. The van der Waals surface area contributed by atoms with Crippen LogP contribution in [-0.4, -0.2) is 60.2 Å². The van der Waals surface area contributed by atoms with Crippen molar-refractivity contribution in [2.24, 2.45) is 0 Å². The topological polar surface area (TPSA) is 76.7 Å². The van der Waals surface area contributed by atoms with Gasteiger partial charge in [-0.2, -0.15) is 0 Å². The highest BCUT2D eigenvalue weighted by atomic mass is 32.2. The second-order valence-corrected chi connectivity index (χ2v) is 6.21. The first kappa shape index (κ1) is 14.8. The van der Waals surface area contributed by atoms with E-state index in [0.717, 1.165) is 6.42 Å². The van der Waals surface area contributed by atoms with Crippen molar-refractivity contribution in [1.29, 1.82) is 0 Å². The van der Waals surface area contributed by atoms with Crippen molar-refractivity contribution in [2.75, 3.05) is 46.2 Å². The zero-order valence-electron chi connectivity index (χ0n) is 10.5. The lowest BCUT2D eigenvalue weighted by Crippen LogP contribution is -2.45. The Labute approximate surface area is 103 Å². The first-order chi connectivity index (χ1) is 8.04. The first-order valence-electron chi connectivity index (χ1n) is 5.78. The molecule has 0 aromatic heterocycles. The zero-order chi connectivity index (χ0) is 12.8. The van der Waals surface area contributed by atoms with Crippen molar-refractivity contribution < 1.29 is 17.9 Å². The Hall–Kier alpha value is -0.210. The number of nitrogens with one attached hydrogen (secondary N) is 2. The monoisotopic (exact) mass is 266 g/mol. The van der Waals surface area contributed by atoms with Crippen LogP contribution in [0.25, 0.3) is 0 Å². The molecule has 0 aliphatic carbocycles. The van der Waals surface area contributed by atoms with Crippen LogP contribution in [0.5, 0.6) is 0 Å². The minimum atomic E-state index is -3.22.